The summed E-state index contributed by atoms with van der Waals surface area (Å²) in [4.78, 5) is 23.3. The largest absolute Gasteiger partial charge is 0.543 e. The van der Waals surface area contributed by atoms with Gasteiger partial charge in [-0.1, -0.05) is 53.5 Å². The quantitative estimate of drug-likeness (QED) is 0.873. The molecule has 0 saturated carbocycles. The maximum absolute atomic E-state index is 12.1. The minimum Gasteiger partial charge on any atom is -0.543 e. The zero-order chi connectivity index (χ0) is 16.1. The van der Waals surface area contributed by atoms with Gasteiger partial charge in [-0.05, 0) is 29.8 Å². The number of amides is 1. The number of nitrogens with one attached hydrogen (secondary N) is 1. The summed E-state index contributed by atoms with van der Waals surface area (Å²) in [6.07, 6.45) is 1.30. The number of carboxylic acids is 1. The molecule has 1 N–H and O–H groups in total. The summed E-state index contributed by atoms with van der Waals surface area (Å²) < 4.78 is 0. The number of halogens is 2. The number of carbonyl (C=O) groups is 2. The van der Waals surface area contributed by atoms with Gasteiger partial charge in [-0.25, -0.2) is 0 Å². The van der Waals surface area contributed by atoms with Crippen molar-refractivity contribution in [1.29, 1.82) is 0 Å². The van der Waals surface area contributed by atoms with Crippen LogP contribution >= 0.6 is 23.2 Å². The third kappa shape index (κ3) is 4.10. The summed E-state index contributed by atoms with van der Waals surface area (Å²) in [5.74, 6) is -2.16. The average molecular weight is 335 g/mol. The molecule has 0 aliphatic carbocycles. The topological polar surface area (TPSA) is 69.2 Å². The first-order valence-corrected chi connectivity index (χ1v) is 6.97. The highest BCUT2D eigenvalue weighted by Gasteiger charge is 2.12. The van der Waals surface area contributed by atoms with E-state index in [1.165, 1.54) is 24.3 Å². The third-order valence-corrected chi connectivity index (χ3v) is 3.30. The summed E-state index contributed by atoms with van der Waals surface area (Å²) in [5, 5.41) is 13.9. The first-order chi connectivity index (χ1) is 10.5. The van der Waals surface area contributed by atoms with E-state index in [4.69, 9.17) is 23.2 Å². The second-order valence-electron chi connectivity index (χ2n) is 4.33. The van der Waals surface area contributed by atoms with Crippen molar-refractivity contribution in [3.05, 3.63) is 75.4 Å². The van der Waals surface area contributed by atoms with Crippen LogP contribution in [0.2, 0.25) is 10.0 Å². The van der Waals surface area contributed by atoms with Gasteiger partial charge in [0.2, 0.25) is 0 Å². The van der Waals surface area contributed by atoms with Crippen molar-refractivity contribution in [2.75, 3.05) is 0 Å². The SMILES string of the molecule is O=C([O-])/C(=C\c1ccccc1)NC(=O)c1ccc(Cl)cc1Cl. The van der Waals surface area contributed by atoms with E-state index in [2.05, 4.69) is 5.32 Å². The summed E-state index contributed by atoms with van der Waals surface area (Å²) in [6, 6.07) is 13.0. The number of rotatable bonds is 4. The molecule has 22 heavy (non-hydrogen) atoms. The van der Waals surface area contributed by atoms with E-state index >= 15 is 0 Å². The van der Waals surface area contributed by atoms with Crippen molar-refractivity contribution >= 4 is 41.2 Å². The van der Waals surface area contributed by atoms with Gasteiger partial charge in [0.1, 0.15) is 0 Å². The van der Waals surface area contributed by atoms with E-state index in [1.807, 2.05) is 0 Å². The average Bonchev–Trinajstić information content (AvgIpc) is 2.47. The van der Waals surface area contributed by atoms with E-state index < -0.39 is 11.9 Å². The van der Waals surface area contributed by atoms with Crippen LogP contribution in [-0.2, 0) is 4.79 Å². The van der Waals surface area contributed by atoms with Crippen LogP contribution in [0, 0.1) is 0 Å². The smallest absolute Gasteiger partial charge is 0.257 e. The monoisotopic (exact) mass is 334 g/mol. The second kappa shape index (κ2) is 7.11. The highest BCUT2D eigenvalue weighted by atomic mass is 35.5. The molecule has 2 aromatic carbocycles. The number of hydrogen-bond acceptors (Lipinski definition) is 3. The fourth-order valence-corrected chi connectivity index (χ4v) is 2.22. The summed E-state index contributed by atoms with van der Waals surface area (Å²) >= 11 is 11.7. The molecule has 2 aromatic rings. The van der Waals surface area contributed by atoms with Crippen LogP contribution in [0.15, 0.2) is 54.2 Å². The zero-order valence-electron chi connectivity index (χ0n) is 11.2. The molecular weight excluding hydrogens is 325 g/mol. The first-order valence-electron chi connectivity index (χ1n) is 6.22. The predicted molar refractivity (Wildman–Crippen MR) is 83.4 cm³/mol. The lowest BCUT2D eigenvalue weighted by Crippen LogP contribution is -2.35. The lowest BCUT2D eigenvalue weighted by Gasteiger charge is -2.12. The maximum Gasteiger partial charge on any atom is 0.257 e. The van der Waals surface area contributed by atoms with Gasteiger partial charge in [0.25, 0.3) is 5.91 Å². The van der Waals surface area contributed by atoms with E-state index in [0.29, 0.717) is 10.6 Å². The van der Waals surface area contributed by atoms with Crippen LogP contribution in [0.5, 0.6) is 0 Å². The molecular formula is C16H10Cl2NO3-. The number of hydrogen-bond donors (Lipinski definition) is 1. The van der Waals surface area contributed by atoms with Gasteiger partial charge < -0.3 is 15.2 Å². The third-order valence-electron chi connectivity index (χ3n) is 2.75. The molecule has 0 fully saturated rings. The van der Waals surface area contributed by atoms with Gasteiger partial charge >= 0.3 is 0 Å². The van der Waals surface area contributed by atoms with Crippen molar-refractivity contribution < 1.29 is 14.7 Å². The van der Waals surface area contributed by atoms with Crippen LogP contribution in [0.1, 0.15) is 15.9 Å². The standard InChI is InChI=1S/C16H11Cl2NO3/c17-11-6-7-12(13(18)9-11)15(20)19-14(16(21)22)8-10-4-2-1-3-5-10/h1-9H,(H,19,20)(H,21,22)/p-1/b14-8+. The molecule has 1 amide bonds. The molecule has 4 nitrogen and oxygen atoms in total. The molecule has 0 aliphatic rings. The first kappa shape index (κ1) is 16.1. The normalized spacial score (nSPS) is 11.1. The van der Waals surface area contributed by atoms with Crippen molar-refractivity contribution in [1.82, 2.24) is 5.32 Å². The molecule has 0 bridgehead atoms. The number of carboxylic acid groups (broad SMARTS) is 1. The summed E-state index contributed by atoms with van der Waals surface area (Å²) in [6.45, 7) is 0. The van der Waals surface area contributed by atoms with E-state index in [-0.39, 0.29) is 16.3 Å². The number of benzene rings is 2. The number of carbonyl (C=O) groups excluding carboxylic acids is 2. The van der Waals surface area contributed by atoms with Gasteiger partial charge in [0.15, 0.2) is 0 Å². The Hall–Kier alpha value is -2.30. The molecule has 0 unspecified atom stereocenters. The molecule has 6 heteroatoms. The molecule has 0 aromatic heterocycles. The van der Waals surface area contributed by atoms with Gasteiger partial charge in [0.05, 0.1) is 22.3 Å². The van der Waals surface area contributed by atoms with E-state index in [0.717, 1.165) is 0 Å². The predicted octanol–water partition coefficient (Wildman–Crippen LogP) is 2.51. The van der Waals surface area contributed by atoms with Crippen molar-refractivity contribution in [3.63, 3.8) is 0 Å². The van der Waals surface area contributed by atoms with Crippen LogP contribution in [-0.4, -0.2) is 11.9 Å². The Morgan fingerprint density at radius 1 is 1.05 bits per heavy atom. The summed E-state index contributed by atoms with van der Waals surface area (Å²) in [5.41, 5.74) is 0.373. The van der Waals surface area contributed by atoms with Crippen molar-refractivity contribution in [3.8, 4) is 0 Å². The van der Waals surface area contributed by atoms with Crippen LogP contribution in [0.25, 0.3) is 6.08 Å². The van der Waals surface area contributed by atoms with Gasteiger partial charge in [0, 0.05) is 5.02 Å². The minimum absolute atomic E-state index is 0.117. The van der Waals surface area contributed by atoms with Crippen LogP contribution < -0.4 is 10.4 Å². The molecule has 112 valence electrons. The Morgan fingerprint density at radius 2 is 1.73 bits per heavy atom. The molecule has 0 spiro atoms. The molecule has 0 heterocycles. The Labute approximate surface area is 137 Å². The number of aliphatic carboxylic acids is 1. The highest BCUT2D eigenvalue weighted by molar-refractivity contribution is 6.36. The van der Waals surface area contributed by atoms with E-state index in [1.54, 1.807) is 30.3 Å². The fourth-order valence-electron chi connectivity index (χ4n) is 1.73. The maximum atomic E-state index is 12.1. The highest BCUT2D eigenvalue weighted by Crippen LogP contribution is 2.21. The lowest BCUT2D eigenvalue weighted by molar-refractivity contribution is -0.299. The Balaban J connectivity index is 2.27. The van der Waals surface area contributed by atoms with Crippen LogP contribution in [0.3, 0.4) is 0 Å². The molecule has 0 saturated heterocycles. The van der Waals surface area contributed by atoms with Crippen LogP contribution in [0.4, 0.5) is 0 Å². The molecule has 0 radical (unpaired) electrons. The Bertz CT molecular complexity index is 742. The van der Waals surface area contributed by atoms with E-state index in [9.17, 15) is 14.7 Å². The Kier molecular flexibility index (Phi) is 5.20. The fraction of sp³-hybridized carbons (Fsp3) is 0. The van der Waals surface area contributed by atoms with Gasteiger partial charge in [-0.2, -0.15) is 0 Å². The van der Waals surface area contributed by atoms with Gasteiger partial charge in [-0.3, -0.25) is 4.79 Å². The van der Waals surface area contributed by atoms with Crippen molar-refractivity contribution in [2.45, 2.75) is 0 Å². The van der Waals surface area contributed by atoms with Gasteiger partial charge in [-0.15, -0.1) is 0 Å². The lowest BCUT2D eigenvalue weighted by atomic mass is 10.1. The molecule has 2 rings (SSSR count). The van der Waals surface area contributed by atoms with Crippen molar-refractivity contribution in [2.24, 2.45) is 0 Å². The summed E-state index contributed by atoms with van der Waals surface area (Å²) in [7, 11) is 0. The molecule has 0 aliphatic heterocycles. The minimum atomic E-state index is -1.50. The zero-order valence-corrected chi connectivity index (χ0v) is 12.7. The molecule has 0 atom stereocenters. The Morgan fingerprint density at radius 3 is 2.32 bits per heavy atom. The second-order valence-corrected chi connectivity index (χ2v) is 5.18.